The van der Waals surface area contributed by atoms with E-state index < -0.39 is 5.97 Å². The summed E-state index contributed by atoms with van der Waals surface area (Å²) in [5.41, 5.74) is 1.42. The molecule has 100 valence electrons. The van der Waals surface area contributed by atoms with Crippen molar-refractivity contribution in [3.05, 3.63) is 45.4 Å². The maximum Gasteiger partial charge on any atom is 0.355 e. The number of rotatable bonds is 4. The Morgan fingerprint density at radius 2 is 1.95 bits per heavy atom. The van der Waals surface area contributed by atoms with Crippen LogP contribution in [0.2, 0.25) is 0 Å². The molecular formula is C14H15NO3S. The molecule has 0 fully saturated rings. The van der Waals surface area contributed by atoms with Crippen molar-refractivity contribution in [3.8, 4) is 0 Å². The van der Waals surface area contributed by atoms with Gasteiger partial charge in [0.1, 0.15) is 5.69 Å². The summed E-state index contributed by atoms with van der Waals surface area (Å²) in [5.74, 6) is -0.644. The summed E-state index contributed by atoms with van der Waals surface area (Å²) in [6.45, 7) is 3.61. The molecule has 5 heteroatoms. The van der Waals surface area contributed by atoms with E-state index in [9.17, 15) is 9.59 Å². The normalized spacial score (nSPS) is 10.5. The molecule has 0 unspecified atom stereocenters. The number of hydrogen-bond donors (Lipinski definition) is 0. The average Bonchev–Trinajstić information content (AvgIpc) is 2.94. The molecule has 2 heterocycles. The van der Waals surface area contributed by atoms with Crippen molar-refractivity contribution in [2.24, 2.45) is 7.05 Å². The molecule has 0 aliphatic heterocycles. The summed E-state index contributed by atoms with van der Waals surface area (Å²) in [4.78, 5) is 25.3. The van der Waals surface area contributed by atoms with Crippen LogP contribution in [0.25, 0.3) is 0 Å². The highest BCUT2D eigenvalue weighted by Crippen LogP contribution is 2.16. The van der Waals surface area contributed by atoms with Crippen LogP contribution in [-0.2, 0) is 11.8 Å². The van der Waals surface area contributed by atoms with Crippen LogP contribution in [0.1, 0.15) is 30.7 Å². The molecule has 0 saturated carbocycles. The minimum atomic E-state index is -0.475. The molecule has 2 rings (SSSR count). The number of aryl methyl sites for hydroxylation is 2. The van der Waals surface area contributed by atoms with Gasteiger partial charge in [-0.15, -0.1) is 11.3 Å². The number of Topliss-reactive ketones (excluding diaryl/α,β-unsaturated/α-hetero) is 1. The van der Waals surface area contributed by atoms with E-state index in [2.05, 4.69) is 0 Å². The molecule has 0 radical (unpaired) electrons. The predicted molar refractivity (Wildman–Crippen MR) is 73.8 cm³/mol. The molecule has 0 saturated heterocycles. The minimum Gasteiger partial charge on any atom is -0.453 e. The Morgan fingerprint density at radius 1 is 1.21 bits per heavy atom. The fourth-order valence-electron chi connectivity index (χ4n) is 1.68. The Bertz CT molecular complexity index is 624. The molecular weight excluding hydrogens is 262 g/mol. The highest BCUT2D eigenvalue weighted by molar-refractivity contribution is 7.14. The molecule has 0 bridgehead atoms. The number of carbonyl (C=O) groups excluding carboxylic acids is 2. The van der Waals surface area contributed by atoms with Crippen LogP contribution in [0.4, 0.5) is 0 Å². The number of ketones is 1. The van der Waals surface area contributed by atoms with Gasteiger partial charge in [0, 0.05) is 17.6 Å². The molecule has 0 atom stereocenters. The lowest BCUT2D eigenvalue weighted by atomic mass is 10.3. The van der Waals surface area contributed by atoms with Crippen molar-refractivity contribution in [2.45, 2.75) is 13.8 Å². The van der Waals surface area contributed by atoms with Gasteiger partial charge in [0.2, 0.25) is 5.78 Å². The zero-order valence-corrected chi connectivity index (χ0v) is 11.9. The molecule has 0 amide bonds. The third-order valence-electron chi connectivity index (χ3n) is 2.93. The molecule has 0 N–H and O–H groups in total. The number of aromatic nitrogens is 1. The van der Waals surface area contributed by atoms with E-state index >= 15 is 0 Å². The molecule has 2 aromatic heterocycles. The van der Waals surface area contributed by atoms with E-state index in [4.69, 9.17) is 4.74 Å². The van der Waals surface area contributed by atoms with Crippen molar-refractivity contribution in [2.75, 3.05) is 6.61 Å². The largest absolute Gasteiger partial charge is 0.453 e. The van der Waals surface area contributed by atoms with Crippen LogP contribution in [0, 0.1) is 13.8 Å². The second-order valence-electron chi connectivity index (χ2n) is 4.33. The van der Waals surface area contributed by atoms with Crippen LogP contribution >= 0.6 is 11.3 Å². The Labute approximate surface area is 115 Å². The number of nitrogens with zero attached hydrogens (tertiary/aromatic N) is 1. The molecule has 2 aromatic rings. The predicted octanol–water partition coefficient (Wildman–Crippen LogP) is 2.74. The summed E-state index contributed by atoms with van der Waals surface area (Å²) in [6.07, 6.45) is 0. The maximum absolute atomic E-state index is 11.8. The minimum absolute atomic E-state index is 0.169. The van der Waals surface area contributed by atoms with Crippen LogP contribution in [-0.4, -0.2) is 22.9 Å². The van der Waals surface area contributed by atoms with Crippen molar-refractivity contribution >= 4 is 23.1 Å². The Morgan fingerprint density at radius 3 is 2.47 bits per heavy atom. The van der Waals surface area contributed by atoms with E-state index in [0.29, 0.717) is 10.6 Å². The fraction of sp³-hybridized carbons (Fsp3) is 0.286. The summed E-state index contributed by atoms with van der Waals surface area (Å²) in [6, 6.07) is 7.15. The Hall–Kier alpha value is -1.88. The van der Waals surface area contributed by atoms with Gasteiger partial charge in [-0.05, 0) is 38.1 Å². The standard InChI is InChI=1S/C14H15NO3S/c1-9-4-6-11(15(9)3)14(17)18-8-12(16)13-7-5-10(2)19-13/h4-7H,8H2,1-3H3. The van der Waals surface area contributed by atoms with Gasteiger partial charge >= 0.3 is 5.97 Å². The topological polar surface area (TPSA) is 48.3 Å². The highest BCUT2D eigenvalue weighted by atomic mass is 32.1. The van der Waals surface area contributed by atoms with Gasteiger partial charge in [-0.25, -0.2) is 4.79 Å². The van der Waals surface area contributed by atoms with Gasteiger partial charge in [-0.1, -0.05) is 0 Å². The van der Waals surface area contributed by atoms with E-state index in [-0.39, 0.29) is 12.4 Å². The molecule has 0 aliphatic rings. The third-order valence-corrected chi connectivity index (χ3v) is 3.97. The summed E-state index contributed by atoms with van der Waals surface area (Å²) >= 11 is 1.40. The molecule has 0 aliphatic carbocycles. The molecule has 0 aromatic carbocycles. The lowest BCUT2D eigenvalue weighted by molar-refractivity contribution is 0.0466. The third kappa shape index (κ3) is 2.93. The van der Waals surface area contributed by atoms with E-state index in [1.165, 1.54) is 11.3 Å². The van der Waals surface area contributed by atoms with E-state index in [1.54, 1.807) is 23.7 Å². The summed E-state index contributed by atoms with van der Waals surface area (Å²) < 4.78 is 6.78. The van der Waals surface area contributed by atoms with Gasteiger partial charge in [0.05, 0.1) is 4.88 Å². The number of esters is 1. The first-order chi connectivity index (χ1) is 8.99. The number of thiophene rings is 1. The second kappa shape index (κ2) is 5.40. The van der Waals surface area contributed by atoms with Gasteiger partial charge in [0.25, 0.3) is 0 Å². The molecule has 19 heavy (non-hydrogen) atoms. The maximum atomic E-state index is 11.8. The Balaban J connectivity index is 1.97. The van der Waals surface area contributed by atoms with Crippen molar-refractivity contribution in [1.29, 1.82) is 0 Å². The van der Waals surface area contributed by atoms with Gasteiger partial charge in [-0.3, -0.25) is 4.79 Å². The lowest BCUT2D eigenvalue weighted by Crippen LogP contribution is -2.16. The van der Waals surface area contributed by atoms with Gasteiger partial charge in [-0.2, -0.15) is 0 Å². The highest BCUT2D eigenvalue weighted by Gasteiger charge is 2.15. The first-order valence-corrected chi connectivity index (χ1v) is 6.70. The zero-order valence-electron chi connectivity index (χ0n) is 11.1. The quantitative estimate of drug-likeness (QED) is 0.637. The number of ether oxygens (including phenoxy) is 1. The summed E-state index contributed by atoms with van der Waals surface area (Å²) in [7, 11) is 1.79. The Kier molecular flexibility index (Phi) is 3.85. The monoisotopic (exact) mass is 277 g/mol. The smallest absolute Gasteiger partial charge is 0.355 e. The second-order valence-corrected chi connectivity index (χ2v) is 5.62. The van der Waals surface area contributed by atoms with Crippen molar-refractivity contribution in [1.82, 2.24) is 4.57 Å². The first kappa shape index (κ1) is 13.5. The average molecular weight is 277 g/mol. The lowest BCUT2D eigenvalue weighted by Gasteiger charge is -2.05. The van der Waals surface area contributed by atoms with E-state index in [0.717, 1.165) is 10.6 Å². The van der Waals surface area contributed by atoms with Crippen LogP contribution in [0.5, 0.6) is 0 Å². The van der Waals surface area contributed by atoms with Crippen LogP contribution in [0.3, 0.4) is 0 Å². The molecule has 0 spiro atoms. The zero-order chi connectivity index (χ0) is 14.0. The van der Waals surface area contributed by atoms with E-state index in [1.807, 2.05) is 26.0 Å². The molecule has 4 nitrogen and oxygen atoms in total. The first-order valence-electron chi connectivity index (χ1n) is 5.88. The van der Waals surface area contributed by atoms with Crippen molar-refractivity contribution < 1.29 is 14.3 Å². The SMILES string of the molecule is Cc1ccc(C(=O)COC(=O)c2ccc(C)n2C)s1. The van der Waals surface area contributed by atoms with Gasteiger partial charge in [0.15, 0.2) is 6.61 Å². The summed E-state index contributed by atoms with van der Waals surface area (Å²) in [5, 5.41) is 0. The fourth-order valence-corrected chi connectivity index (χ4v) is 2.47. The van der Waals surface area contributed by atoms with Crippen LogP contribution in [0.15, 0.2) is 24.3 Å². The van der Waals surface area contributed by atoms with Crippen LogP contribution < -0.4 is 0 Å². The van der Waals surface area contributed by atoms with Crippen molar-refractivity contribution in [3.63, 3.8) is 0 Å². The number of carbonyl (C=O) groups is 2. The number of hydrogen-bond acceptors (Lipinski definition) is 4. The van der Waals surface area contributed by atoms with Gasteiger partial charge < -0.3 is 9.30 Å².